The second-order valence-electron chi connectivity index (χ2n) is 2.81. The van der Waals surface area contributed by atoms with Gasteiger partial charge in [0.25, 0.3) is 0 Å². The Labute approximate surface area is 89.1 Å². The molecule has 1 amide bonds. The molecule has 14 heavy (non-hydrogen) atoms. The number of carbonyl (C=O) groups is 1. The maximum atomic E-state index is 10.7. The molecule has 0 bridgehead atoms. The Bertz CT molecular complexity index is 341. The van der Waals surface area contributed by atoms with E-state index in [1.54, 1.807) is 0 Å². The van der Waals surface area contributed by atoms with Crippen LogP contribution < -0.4 is 11.0 Å². The van der Waals surface area contributed by atoms with Crippen molar-refractivity contribution < 1.29 is 9.63 Å². The van der Waals surface area contributed by atoms with Gasteiger partial charge in [-0.1, -0.05) is 33.7 Å². The highest BCUT2D eigenvalue weighted by Gasteiger charge is 2.18. The lowest BCUT2D eigenvalue weighted by Crippen LogP contribution is -2.37. The molecule has 1 heterocycles. The normalized spacial score (nSPS) is 16.5. The highest BCUT2D eigenvalue weighted by molar-refractivity contribution is 9.10. The first-order valence-electron chi connectivity index (χ1n) is 3.99. The van der Waals surface area contributed by atoms with Crippen LogP contribution in [0.5, 0.6) is 0 Å². The lowest BCUT2D eigenvalue weighted by atomic mass is 10.2. The SMILES string of the molecule is O=C1NN(Cc2ccc(Br)cc2)NO1. The lowest BCUT2D eigenvalue weighted by molar-refractivity contribution is 0.0209. The van der Waals surface area contributed by atoms with E-state index in [1.807, 2.05) is 24.3 Å². The Hall–Kier alpha value is -1.11. The first-order valence-corrected chi connectivity index (χ1v) is 4.78. The Morgan fingerprint density at radius 3 is 2.64 bits per heavy atom. The summed E-state index contributed by atoms with van der Waals surface area (Å²) in [5, 5.41) is 1.46. The van der Waals surface area contributed by atoms with Crippen LogP contribution in [0.1, 0.15) is 5.56 Å². The van der Waals surface area contributed by atoms with Crippen LogP contribution in [0, 0.1) is 0 Å². The first-order chi connectivity index (χ1) is 6.74. The van der Waals surface area contributed by atoms with Gasteiger partial charge in [0.05, 0.1) is 6.54 Å². The molecule has 1 aliphatic rings. The third-order valence-corrected chi connectivity index (χ3v) is 2.26. The van der Waals surface area contributed by atoms with Crippen LogP contribution in [-0.2, 0) is 11.4 Å². The highest BCUT2D eigenvalue weighted by atomic mass is 79.9. The summed E-state index contributed by atoms with van der Waals surface area (Å²) < 4.78 is 1.02. The van der Waals surface area contributed by atoms with Gasteiger partial charge in [0.2, 0.25) is 0 Å². The molecule has 0 unspecified atom stereocenters. The molecule has 0 saturated carbocycles. The number of hydrogen-bond donors (Lipinski definition) is 2. The van der Waals surface area contributed by atoms with Crippen molar-refractivity contribution in [1.82, 2.24) is 16.1 Å². The molecular weight excluding hydrogens is 250 g/mol. The maximum absolute atomic E-state index is 10.7. The molecule has 1 fully saturated rings. The fourth-order valence-electron chi connectivity index (χ4n) is 1.10. The Kier molecular flexibility index (Phi) is 2.67. The first kappa shape index (κ1) is 9.45. The van der Waals surface area contributed by atoms with E-state index in [4.69, 9.17) is 0 Å². The van der Waals surface area contributed by atoms with Gasteiger partial charge in [0.1, 0.15) is 0 Å². The number of hydrogen-bond acceptors (Lipinski definition) is 4. The van der Waals surface area contributed by atoms with Gasteiger partial charge in [-0.15, -0.1) is 5.12 Å². The number of hydrazine groups is 2. The molecule has 6 heteroatoms. The second-order valence-corrected chi connectivity index (χ2v) is 3.72. The zero-order valence-corrected chi connectivity index (χ0v) is 8.74. The molecule has 74 valence electrons. The van der Waals surface area contributed by atoms with Crippen molar-refractivity contribution in [2.75, 3.05) is 0 Å². The molecule has 5 nitrogen and oxygen atoms in total. The summed E-state index contributed by atoms with van der Waals surface area (Å²) in [7, 11) is 0. The zero-order chi connectivity index (χ0) is 9.97. The standard InChI is InChI=1S/C8H8BrN3O2/c9-7-3-1-6(2-4-7)5-12-10-8(13)14-11-12/h1-4,11H,5H2,(H,10,13). The predicted octanol–water partition coefficient (Wildman–Crippen LogP) is 1.33. The number of halogens is 1. The molecule has 0 radical (unpaired) electrons. The van der Waals surface area contributed by atoms with Crippen LogP contribution in [0.4, 0.5) is 4.79 Å². The summed E-state index contributed by atoms with van der Waals surface area (Å²) >= 11 is 3.34. The van der Waals surface area contributed by atoms with E-state index < -0.39 is 6.09 Å². The van der Waals surface area contributed by atoms with Gasteiger partial charge in [-0.25, -0.2) is 10.2 Å². The van der Waals surface area contributed by atoms with E-state index >= 15 is 0 Å². The van der Waals surface area contributed by atoms with Gasteiger partial charge >= 0.3 is 6.09 Å². The number of carbonyl (C=O) groups excluding carboxylic acids is 1. The minimum absolute atomic E-state index is 0.498. The van der Waals surface area contributed by atoms with Crippen molar-refractivity contribution in [2.24, 2.45) is 0 Å². The van der Waals surface area contributed by atoms with E-state index in [0.717, 1.165) is 10.0 Å². The summed E-state index contributed by atoms with van der Waals surface area (Å²) in [6.07, 6.45) is -0.498. The molecule has 0 spiro atoms. The Balaban J connectivity index is 1.97. The number of nitrogens with one attached hydrogen (secondary N) is 2. The van der Waals surface area contributed by atoms with Gasteiger partial charge in [-0.2, -0.15) is 0 Å². The topological polar surface area (TPSA) is 53.6 Å². The minimum atomic E-state index is -0.498. The Morgan fingerprint density at radius 2 is 2.07 bits per heavy atom. The van der Waals surface area contributed by atoms with Crippen molar-refractivity contribution in [3.63, 3.8) is 0 Å². The zero-order valence-electron chi connectivity index (χ0n) is 7.16. The van der Waals surface area contributed by atoms with Gasteiger partial charge in [-0.3, -0.25) is 0 Å². The molecule has 1 saturated heterocycles. The molecule has 0 atom stereocenters. The maximum Gasteiger partial charge on any atom is 0.443 e. The third kappa shape index (κ3) is 2.22. The lowest BCUT2D eigenvalue weighted by Gasteiger charge is -2.10. The average Bonchev–Trinajstić information content (AvgIpc) is 2.56. The van der Waals surface area contributed by atoms with Crippen molar-refractivity contribution >= 4 is 22.0 Å². The summed E-state index contributed by atoms with van der Waals surface area (Å²) in [5.41, 5.74) is 5.96. The van der Waals surface area contributed by atoms with Crippen LogP contribution in [-0.4, -0.2) is 11.2 Å². The second kappa shape index (κ2) is 3.95. The van der Waals surface area contributed by atoms with Crippen LogP contribution in [0.3, 0.4) is 0 Å². The van der Waals surface area contributed by atoms with Crippen LogP contribution in [0.25, 0.3) is 0 Å². The number of nitrogens with zero attached hydrogens (tertiary/aromatic N) is 1. The molecule has 1 aromatic carbocycles. The minimum Gasteiger partial charge on any atom is -0.336 e. The van der Waals surface area contributed by atoms with E-state index in [-0.39, 0.29) is 0 Å². The fourth-order valence-corrected chi connectivity index (χ4v) is 1.36. The predicted molar refractivity (Wildman–Crippen MR) is 52.4 cm³/mol. The average molecular weight is 258 g/mol. The molecule has 1 aromatic rings. The summed E-state index contributed by atoms with van der Waals surface area (Å²) in [4.78, 5) is 15.1. The monoisotopic (exact) mass is 257 g/mol. The van der Waals surface area contributed by atoms with Gasteiger partial charge < -0.3 is 4.84 Å². The largest absolute Gasteiger partial charge is 0.443 e. The molecular formula is C8H8BrN3O2. The molecule has 0 aliphatic carbocycles. The van der Waals surface area contributed by atoms with Gasteiger partial charge in [0.15, 0.2) is 0 Å². The fraction of sp³-hybridized carbons (Fsp3) is 0.125. The number of rotatable bonds is 2. The summed E-state index contributed by atoms with van der Waals surface area (Å²) in [6, 6.07) is 7.79. The van der Waals surface area contributed by atoms with Crippen LogP contribution in [0.2, 0.25) is 0 Å². The molecule has 2 rings (SSSR count). The third-order valence-electron chi connectivity index (χ3n) is 1.73. The summed E-state index contributed by atoms with van der Waals surface area (Å²) in [5.74, 6) is 0. The number of benzene rings is 1. The van der Waals surface area contributed by atoms with Crippen molar-refractivity contribution in [2.45, 2.75) is 6.54 Å². The quantitative estimate of drug-likeness (QED) is 0.840. The number of amides is 1. The van der Waals surface area contributed by atoms with E-state index in [2.05, 4.69) is 31.8 Å². The molecule has 0 aromatic heterocycles. The smallest absolute Gasteiger partial charge is 0.336 e. The van der Waals surface area contributed by atoms with Crippen LogP contribution >= 0.6 is 15.9 Å². The van der Waals surface area contributed by atoms with Crippen molar-refractivity contribution in [3.8, 4) is 0 Å². The Morgan fingerprint density at radius 1 is 1.36 bits per heavy atom. The van der Waals surface area contributed by atoms with Crippen LogP contribution in [0.15, 0.2) is 28.7 Å². The summed E-state index contributed by atoms with van der Waals surface area (Å²) in [6.45, 7) is 0.541. The van der Waals surface area contributed by atoms with Crippen molar-refractivity contribution in [3.05, 3.63) is 34.3 Å². The van der Waals surface area contributed by atoms with E-state index in [1.165, 1.54) is 5.12 Å². The molecule has 2 N–H and O–H groups in total. The highest BCUT2D eigenvalue weighted by Crippen LogP contribution is 2.11. The van der Waals surface area contributed by atoms with E-state index in [0.29, 0.717) is 6.54 Å². The van der Waals surface area contributed by atoms with Gasteiger partial charge in [0, 0.05) is 4.47 Å². The molecule has 1 aliphatic heterocycles. The van der Waals surface area contributed by atoms with Gasteiger partial charge in [-0.05, 0) is 17.7 Å². The van der Waals surface area contributed by atoms with E-state index in [9.17, 15) is 4.79 Å². The van der Waals surface area contributed by atoms with Crippen molar-refractivity contribution in [1.29, 1.82) is 0 Å².